The molecule has 1 rings (SSSR count). The number of anilines is 1. The number of pyridine rings is 1. The summed E-state index contributed by atoms with van der Waals surface area (Å²) in [6.45, 7) is 3.80. The van der Waals surface area contributed by atoms with Crippen LogP contribution in [0, 0.1) is 12.3 Å². The van der Waals surface area contributed by atoms with Gasteiger partial charge in [-0.3, -0.25) is 0 Å². The Balaban J connectivity index is 2.94. The van der Waals surface area contributed by atoms with Crippen LogP contribution < -0.4 is 5.32 Å². The predicted molar refractivity (Wildman–Crippen MR) is 63.5 cm³/mol. The lowest BCUT2D eigenvalue weighted by Crippen LogP contribution is -2.29. The van der Waals surface area contributed by atoms with Gasteiger partial charge in [0.05, 0.1) is 15.0 Å². The van der Waals surface area contributed by atoms with Crippen LogP contribution in [0.1, 0.15) is 13.8 Å². The highest BCUT2D eigenvalue weighted by atomic mass is 79.9. The van der Waals surface area contributed by atoms with Gasteiger partial charge in [0, 0.05) is 6.20 Å². The van der Waals surface area contributed by atoms with Gasteiger partial charge in [-0.05, 0) is 35.8 Å². The molecule has 0 saturated carbocycles. The summed E-state index contributed by atoms with van der Waals surface area (Å²) in [6.07, 6.45) is 6.92. The molecule has 0 fully saturated rings. The second-order valence-electron chi connectivity index (χ2n) is 3.38. The van der Waals surface area contributed by atoms with Gasteiger partial charge in [-0.1, -0.05) is 17.5 Å². The molecule has 1 N–H and O–H groups in total. The van der Waals surface area contributed by atoms with Crippen molar-refractivity contribution in [3.8, 4) is 12.3 Å². The highest BCUT2D eigenvalue weighted by molar-refractivity contribution is 9.10. The summed E-state index contributed by atoms with van der Waals surface area (Å²) < 4.78 is 0.799. The van der Waals surface area contributed by atoms with Crippen molar-refractivity contribution >= 4 is 33.3 Å². The van der Waals surface area contributed by atoms with Crippen LogP contribution in [0.15, 0.2) is 16.7 Å². The fourth-order valence-corrected chi connectivity index (χ4v) is 1.58. The van der Waals surface area contributed by atoms with Crippen molar-refractivity contribution in [3.63, 3.8) is 0 Å². The number of nitrogens with one attached hydrogen (secondary N) is 1. The van der Waals surface area contributed by atoms with Crippen molar-refractivity contribution in [2.24, 2.45) is 0 Å². The topological polar surface area (TPSA) is 24.9 Å². The zero-order valence-electron chi connectivity index (χ0n) is 7.94. The van der Waals surface area contributed by atoms with Gasteiger partial charge in [0.2, 0.25) is 0 Å². The molecular weight excluding hydrogens is 263 g/mol. The quantitative estimate of drug-likeness (QED) is 0.836. The third-order valence-corrected chi connectivity index (χ3v) is 2.41. The molecule has 0 amide bonds. The van der Waals surface area contributed by atoms with Crippen molar-refractivity contribution in [2.75, 3.05) is 5.32 Å². The minimum Gasteiger partial charge on any atom is -0.353 e. The van der Waals surface area contributed by atoms with Gasteiger partial charge in [-0.15, -0.1) is 6.42 Å². The molecule has 0 spiro atoms. The molecule has 0 aliphatic carbocycles. The molecule has 2 nitrogen and oxygen atoms in total. The molecule has 0 atom stereocenters. The lowest BCUT2D eigenvalue weighted by atomic mass is 10.1. The molecule has 0 aromatic carbocycles. The van der Waals surface area contributed by atoms with Gasteiger partial charge < -0.3 is 5.32 Å². The van der Waals surface area contributed by atoms with Crippen LogP contribution in [0.4, 0.5) is 5.82 Å². The van der Waals surface area contributed by atoms with Crippen LogP contribution in [0.5, 0.6) is 0 Å². The molecule has 1 heterocycles. The van der Waals surface area contributed by atoms with Crippen LogP contribution in [-0.2, 0) is 0 Å². The smallest absolute Gasteiger partial charge is 0.141 e. The molecule has 0 aliphatic rings. The van der Waals surface area contributed by atoms with E-state index in [2.05, 4.69) is 32.2 Å². The highest BCUT2D eigenvalue weighted by Crippen LogP contribution is 2.25. The molecule has 1 aromatic rings. The minimum atomic E-state index is -0.427. The minimum absolute atomic E-state index is 0.427. The van der Waals surface area contributed by atoms with Gasteiger partial charge in [0.25, 0.3) is 0 Å². The zero-order chi connectivity index (χ0) is 10.8. The van der Waals surface area contributed by atoms with E-state index in [0.29, 0.717) is 10.8 Å². The van der Waals surface area contributed by atoms with Gasteiger partial charge in [-0.25, -0.2) is 4.98 Å². The number of rotatable bonds is 2. The summed E-state index contributed by atoms with van der Waals surface area (Å²) >= 11 is 9.11. The Bertz CT molecular complexity index is 382. The highest BCUT2D eigenvalue weighted by Gasteiger charge is 2.15. The van der Waals surface area contributed by atoms with Crippen molar-refractivity contribution < 1.29 is 0 Å². The summed E-state index contributed by atoms with van der Waals surface area (Å²) in [5, 5.41) is 3.69. The molecule has 0 bridgehead atoms. The Morgan fingerprint density at radius 3 is 2.79 bits per heavy atom. The number of aromatic nitrogens is 1. The van der Waals surface area contributed by atoms with E-state index in [4.69, 9.17) is 18.0 Å². The Hall–Kier alpha value is -0.720. The average molecular weight is 274 g/mol. The Morgan fingerprint density at radius 2 is 2.29 bits per heavy atom. The predicted octanol–water partition coefficient (Wildman–Crippen LogP) is 3.32. The summed E-state index contributed by atoms with van der Waals surface area (Å²) in [5.41, 5.74) is -0.427. The van der Waals surface area contributed by atoms with E-state index in [1.807, 2.05) is 13.8 Å². The van der Waals surface area contributed by atoms with E-state index in [-0.39, 0.29) is 0 Å². The maximum Gasteiger partial charge on any atom is 0.141 e. The van der Waals surface area contributed by atoms with Gasteiger partial charge in [-0.2, -0.15) is 0 Å². The number of halogens is 2. The molecule has 74 valence electrons. The Labute approximate surface area is 97.2 Å². The first kappa shape index (κ1) is 11.4. The molecule has 4 heteroatoms. The van der Waals surface area contributed by atoms with E-state index in [1.54, 1.807) is 12.3 Å². The van der Waals surface area contributed by atoms with Gasteiger partial charge in [0.15, 0.2) is 0 Å². The largest absolute Gasteiger partial charge is 0.353 e. The van der Waals surface area contributed by atoms with Gasteiger partial charge in [0.1, 0.15) is 5.82 Å². The van der Waals surface area contributed by atoms with E-state index in [0.717, 1.165) is 4.47 Å². The fourth-order valence-electron chi connectivity index (χ4n) is 0.839. The van der Waals surface area contributed by atoms with E-state index in [9.17, 15) is 0 Å². The number of hydrogen-bond acceptors (Lipinski definition) is 2. The Morgan fingerprint density at radius 1 is 1.64 bits per heavy atom. The first-order chi connectivity index (χ1) is 6.44. The van der Waals surface area contributed by atoms with Gasteiger partial charge >= 0.3 is 0 Å². The molecule has 0 saturated heterocycles. The monoisotopic (exact) mass is 272 g/mol. The first-order valence-corrected chi connectivity index (χ1v) is 5.19. The van der Waals surface area contributed by atoms with E-state index in [1.165, 1.54) is 0 Å². The van der Waals surface area contributed by atoms with E-state index < -0.39 is 5.54 Å². The van der Waals surface area contributed by atoms with Crippen molar-refractivity contribution in [1.29, 1.82) is 0 Å². The standard InChI is InChI=1S/C10H10BrClN2/c1-4-10(2,3)14-9-8(11)5-7(12)6-13-9/h1,5-6H,2-3H3,(H,13,14). The maximum atomic E-state index is 5.76. The van der Waals surface area contributed by atoms with Crippen LogP contribution in [-0.4, -0.2) is 10.5 Å². The van der Waals surface area contributed by atoms with Crippen molar-refractivity contribution in [3.05, 3.63) is 21.8 Å². The molecular formula is C10H10BrClN2. The second-order valence-corrected chi connectivity index (χ2v) is 4.67. The zero-order valence-corrected chi connectivity index (χ0v) is 10.3. The van der Waals surface area contributed by atoms with E-state index >= 15 is 0 Å². The van der Waals surface area contributed by atoms with Crippen molar-refractivity contribution in [1.82, 2.24) is 4.98 Å². The molecule has 1 aromatic heterocycles. The average Bonchev–Trinajstić information content (AvgIpc) is 2.10. The summed E-state index contributed by atoms with van der Waals surface area (Å²) in [4.78, 5) is 4.13. The maximum absolute atomic E-state index is 5.76. The second kappa shape index (κ2) is 4.20. The molecule has 0 unspecified atom stereocenters. The van der Waals surface area contributed by atoms with Crippen LogP contribution in [0.3, 0.4) is 0 Å². The molecule has 0 aliphatic heterocycles. The Kier molecular flexibility index (Phi) is 3.41. The summed E-state index contributed by atoms with van der Waals surface area (Å²) in [7, 11) is 0. The SMILES string of the molecule is C#CC(C)(C)Nc1ncc(Cl)cc1Br. The molecule has 14 heavy (non-hydrogen) atoms. The third-order valence-electron chi connectivity index (χ3n) is 1.60. The normalized spacial score (nSPS) is 10.8. The third kappa shape index (κ3) is 2.90. The molecule has 0 radical (unpaired) electrons. The number of terminal acetylenes is 1. The number of hydrogen-bond donors (Lipinski definition) is 1. The summed E-state index contributed by atoms with van der Waals surface area (Å²) in [5.74, 6) is 3.32. The summed E-state index contributed by atoms with van der Waals surface area (Å²) in [6, 6.07) is 1.77. The lowest BCUT2D eigenvalue weighted by molar-refractivity contribution is 0.735. The lowest BCUT2D eigenvalue weighted by Gasteiger charge is -2.20. The van der Waals surface area contributed by atoms with Crippen LogP contribution in [0.25, 0.3) is 0 Å². The van der Waals surface area contributed by atoms with Crippen LogP contribution >= 0.6 is 27.5 Å². The number of nitrogens with zero attached hydrogens (tertiary/aromatic N) is 1. The van der Waals surface area contributed by atoms with Crippen LogP contribution in [0.2, 0.25) is 5.02 Å². The first-order valence-electron chi connectivity index (χ1n) is 4.01. The van der Waals surface area contributed by atoms with Crippen molar-refractivity contribution in [2.45, 2.75) is 19.4 Å². The fraction of sp³-hybridized carbons (Fsp3) is 0.300.